The summed E-state index contributed by atoms with van der Waals surface area (Å²) in [5.41, 5.74) is 6.96. The zero-order valence-electron chi connectivity index (χ0n) is 29.6. The molecule has 11 heteroatoms. The molecule has 4 aromatic carbocycles. The van der Waals surface area contributed by atoms with Gasteiger partial charge in [0.2, 0.25) is 0 Å². The molecule has 3 aliphatic rings. The van der Waals surface area contributed by atoms with Gasteiger partial charge in [0, 0.05) is 49.3 Å². The fourth-order valence-electron chi connectivity index (χ4n) is 6.90. The molecule has 0 aromatic heterocycles. The van der Waals surface area contributed by atoms with Crippen molar-refractivity contribution >= 4 is 36.0 Å². The number of likely N-dealkylation sites (N-methyl/N-ethyl adjacent to an activating group) is 1. The highest BCUT2D eigenvalue weighted by Gasteiger charge is 2.33. The number of amides is 1. The fraction of sp³-hybridized carbons (Fsp3) is 0.317. The Kier molecular flexibility index (Phi) is 10.6. The van der Waals surface area contributed by atoms with E-state index in [0.29, 0.717) is 52.0 Å². The van der Waals surface area contributed by atoms with Crippen molar-refractivity contribution in [2.75, 3.05) is 47.7 Å². The van der Waals surface area contributed by atoms with Crippen LogP contribution in [-0.4, -0.2) is 94.2 Å². The second kappa shape index (κ2) is 15.8. The number of hydrogen-bond donors (Lipinski definition) is 0. The molecule has 52 heavy (non-hydrogen) atoms. The van der Waals surface area contributed by atoms with Gasteiger partial charge in [-0.05, 0) is 54.3 Å². The number of benzene rings is 4. The Morgan fingerprint density at radius 2 is 1.42 bits per heavy atom. The maximum atomic E-state index is 13.6. The Morgan fingerprint density at radius 3 is 2.12 bits per heavy atom. The van der Waals surface area contributed by atoms with Crippen molar-refractivity contribution in [1.82, 2.24) is 9.80 Å². The van der Waals surface area contributed by atoms with Crippen LogP contribution in [0.3, 0.4) is 0 Å². The quantitative estimate of drug-likeness (QED) is 0.0944. The lowest BCUT2D eigenvalue weighted by molar-refractivity contribution is 0.0702. The van der Waals surface area contributed by atoms with Crippen LogP contribution in [0.15, 0.2) is 82.8 Å². The van der Waals surface area contributed by atoms with E-state index in [2.05, 4.69) is 48.3 Å². The Balaban J connectivity index is 0.931. The summed E-state index contributed by atoms with van der Waals surface area (Å²) in [7, 11) is 5.15. The molecule has 0 spiro atoms. The van der Waals surface area contributed by atoms with Crippen molar-refractivity contribution < 1.29 is 33.3 Å². The molecule has 11 nitrogen and oxygen atoms in total. The van der Waals surface area contributed by atoms with Gasteiger partial charge in [-0.3, -0.25) is 24.5 Å². The highest BCUT2D eigenvalue weighted by atomic mass is 16.6. The summed E-state index contributed by atoms with van der Waals surface area (Å²) < 4.78 is 28.9. The molecule has 2 unspecified atom stereocenters. The van der Waals surface area contributed by atoms with E-state index < -0.39 is 0 Å². The van der Waals surface area contributed by atoms with E-state index in [1.165, 1.54) is 23.8 Å². The Morgan fingerprint density at radius 1 is 0.788 bits per heavy atom. The number of hydrogen-bond acceptors (Lipinski definition) is 10. The predicted molar refractivity (Wildman–Crippen MR) is 199 cm³/mol. The lowest BCUT2D eigenvalue weighted by atomic mass is 9.94. The smallest absolute Gasteiger partial charge is 0.257 e. The first-order valence-corrected chi connectivity index (χ1v) is 17.4. The molecular formula is C41H42N4O7. The SMILES string of the molecule is COc1cc2c(cc1OCCOCCOc1cc(/N=C\C3Cc4ccccc4CN3C)c(C=O)cc1OC)N=CC1Cc3ccccc3CN1C2=O. The minimum Gasteiger partial charge on any atom is -0.493 e. The minimum atomic E-state index is -0.120. The monoisotopic (exact) mass is 702 g/mol. The van der Waals surface area contributed by atoms with E-state index in [1.807, 2.05) is 29.5 Å². The molecule has 3 aliphatic heterocycles. The molecule has 0 saturated carbocycles. The first-order chi connectivity index (χ1) is 25.4. The van der Waals surface area contributed by atoms with Crippen LogP contribution in [0.5, 0.6) is 23.0 Å². The van der Waals surface area contributed by atoms with Gasteiger partial charge in [0.05, 0.1) is 50.4 Å². The maximum Gasteiger partial charge on any atom is 0.257 e. The van der Waals surface area contributed by atoms with Crippen LogP contribution >= 0.6 is 0 Å². The number of nitrogens with zero attached hydrogens (tertiary/aromatic N) is 4. The zero-order chi connectivity index (χ0) is 36.0. The average molecular weight is 703 g/mol. The summed E-state index contributed by atoms with van der Waals surface area (Å²) in [6, 6.07) is 23.4. The van der Waals surface area contributed by atoms with Crippen molar-refractivity contribution in [2.45, 2.75) is 38.0 Å². The second-order valence-electron chi connectivity index (χ2n) is 13.0. The van der Waals surface area contributed by atoms with Gasteiger partial charge in [-0.15, -0.1) is 0 Å². The van der Waals surface area contributed by atoms with Gasteiger partial charge in [-0.1, -0.05) is 48.5 Å². The molecule has 0 radical (unpaired) electrons. The van der Waals surface area contributed by atoms with E-state index >= 15 is 0 Å². The van der Waals surface area contributed by atoms with Crippen molar-refractivity contribution in [2.24, 2.45) is 9.98 Å². The number of rotatable bonds is 13. The van der Waals surface area contributed by atoms with E-state index in [9.17, 15) is 9.59 Å². The summed E-state index contributed by atoms with van der Waals surface area (Å²) in [6.07, 6.45) is 6.08. The molecule has 1 amide bonds. The lowest BCUT2D eigenvalue weighted by Gasteiger charge is -2.34. The third kappa shape index (κ3) is 7.42. The van der Waals surface area contributed by atoms with E-state index in [4.69, 9.17) is 33.7 Å². The maximum absolute atomic E-state index is 13.6. The molecule has 268 valence electrons. The molecular weight excluding hydrogens is 660 g/mol. The number of ether oxygens (including phenoxy) is 5. The molecule has 0 saturated heterocycles. The van der Waals surface area contributed by atoms with E-state index in [-0.39, 0.29) is 44.4 Å². The van der Waals surface area contributed by atoms with Crippen molar-refractivity contribution in [3.05, 3.63) is 106 Å². The molecule has 0 fully saturated rings. The highest BCUT2D eigenvalue weighted by Crippen LogP contribution is 2.39. The van der Waals surface area contributed by atoms with Gasteiger partial charge in [0.1, 0.15) is 13.2 Å². The summed E-state index contributed by atoms with van der Waals surface area (Å²) in [5.74, 6) is 1.74. The summed E-state index contributed by atoms with van der Waals surface area (Å²) >= 11 is 0. The summed E-state index contributed by atoms with van der Waals surface area (Å²) in [6.45, 7) is 2.42. The second-order valence-corrected chi connectivity index (χ2v) is 13.0. The molecule has 2 atom stereocenters. The number of aldehydes is 1. The lowest BCUT2D eigenvalue weighted by Crippen LogP contribution is -2.44. The van der Waals surface area contributed by atoms with Crippen LogP contribution in [0, 0.1) is 0 Å². The van der Waals surface area contributed by atoms with Crippen LogP contribution < -0.4 is 18.9 Å². The van der Waals surface area contributed by atoms with Crippen molar-refractivity contribution in [1.29, 1.82) is 0 Å². The number of carbonyl (C=O) groups is 2. The van der Waals surface area contributed by atoms with Gasteiger partial charge < -0.3 is 28.6 Å². The Bertz CT molecular complexity index is 2010. The average Bonchev–Trinajstić information content (AvgIpc) is 3.30. The normalized spacial score (nSPS) is 17.8. The summed E-state index contributed by atoms with van der Waals surface area (Å²) in [4.78, 5) is 39.1. The van der Waals surface area contributed by atoms with Crippen molar-refractivity contribution in [3.8, 4) is 23.0 Å². The predicted octanol–water partition coefficient (Wildman–Crippen LogP) is 6.03. The fourth-order valence-corrected chi connectivity index (χ4v) is 6.90. The van der Waals surface area contributed by atoms with Crippen LogP contribution in [0.4, 0.5) is 11.4 Å². The standard InChI is InChI=1S/C41H42N4O7/c1-44-24-29-10-6-4-8-27(29)16-32(44)22-42-35-20-39(37(48-2)18-31(35)26-46)51-14-12-50-13-15-52-40-21-36-34(19-38(40)49-3)41(47)45-25-30-11-7-5-9-28(30)17-33(45)23-43-36/h4-11,18-23,26,32-33H,12-17,24-25H2,1-3H3/b42-22-. The largest absolute Gasteiger partial charge is 0.493 e. The Labute approximate surface area is 303 Å². The van der Waals surface area contributed by atoms with Crippen LogP contribution in [0.2, 0.25) is 0 Å². The third-order valence-corrected chi connectivity index (χ3v) is 9.78. The number of carbonyl (C=O) groups excluding carboxylic acids is 2. The number of aliphatic imine (C=N–C) groups is 2. The van der Waals surface area contributed by atoms with Crippen LogP contribution in [0.1, 0.15) is 43.0 Å². The van der Waals surface area contributed by atoms with Crippen LogP contribution in [-0.2, 0) is 30.7 Å². The van der Waals surface area contributed by atoms with Gasteiger partial charge in [-0.25, -0.2) is 0 Å². The van der Waals surface area contributed by atoms with Gasteiger partial charge in [-0.2, -0.15) is 0 Å². The summed E-state index contributed by atoms with van der Waals surface area (Å²) in [5, 5.41) is 0. The third-order valence-electron chi connectivity index (χ3n) is 9.78. The van der Waals surface area contributed by atoms with E-state index in [1.54, 1.807) is 31.4 Å². The molecule has 0 N–H and O–H groups in total. The van der Waals surface area contributed by atoms with E-state index in [0.717, 1.165) is 31.2 Å². The highest BCUT2D eigenvalue weighted by molar-refractivity contribution is 6.03. The van der Waals surface area contributed by atoms with Gasteiger partial charge >= 0.3 is 0 Å². The topological polar surface area (TPSA) is 111 Å². The van der Waals surface area contributed by atoms with Crippen molar-refractivity contribution in [3.63, 3.8) is 0 Å². The first-order valence-electron chi connectivity index (χ1n) is 17.4. The molecule has 0 aliphatic carbocycles. The minimum absolute atomic E-state index is 0.0838. The number of methoxy groups -OCH3 is 2. The van der Waals surface area contributed by atoms with Crippen LogP contribution in [0.25, 0.3) is 0 Å². The number of fused-ring (bicyclic) bond motifs is 4. The van der Waals surface area contributed by atoms with Gasteiger partial charge in [0.25, 0.3) is 5.91 Å². The Hall–Kier alpha value is -5.52. The molecule has 3 heterocycles. The molecule has 0 bridgehead atoms. The molecule has 4 aromatic rings. The van der Waals surface area contributed by atoms with Gasteiger partial charge in [0.15, 0.2) is 29.3 Å². The molecule has 7 rings (SSSR count). The zero-order valence-corrected chi connectivity index (χ0v) is 29.6. The first kappa shape index (κ1) is 34.9.